The van der Waals surface area contributed by atoms with Crippen LogP contribution in [-0.4, -0.2) is 90.4 Å². The number of nitrogens with zero attached hydrogens (tertiary/aromatic N) is 4. The lowest BCUT2D eigenvalue weighted by Gasteiger charge is -2.32. The minimum atomic E-state index is -1.63. The average Bonchev–Trinajstić information content (AvgIpc) is 3.49. The zero-order valence-electron chi connectivity index (χ0n) is 27.5. The number of hydrogen-bond acceptors (Lipinski definition) is 9. The van der Waals surface area contributed by atoms with Gasteiger partial charge in [0.2, 0.25) is 12.0 Å². The van der Waals surface area contributed by atoms with Crippen LogP contribution >= 0.6 is 22.9 Å². The van der Waals surface area contributed by atoms with E-state index >= 15 is 4.39 Å². The summed E-state index contributed by atoms with van der Waals surface area (Å²) in [5.74, 6) is -4.79. The van der Waals surface area contributed by atoms with Gasteiger partial charge >= 0.3 is 5.97 Å². The van der Waals surface area contributed by atoms with E-state index in [0.717, 1.165) is 56.2 Å². The van der Waals surface area contributed by atoms with Gasteiger partial charge in [-0.25, -0.2) is 27.9 Å². The molecule has 50 heavy (non-hydrogen) atoms. The topological polar surface area (TPSA) is 97.3 Å². The van der Waals surface area contributed by atoms with Gasteiger partial charge in [0.05, 0.1) is 17.5 Å². The van der Waals surface area contributed by atoms with Gasteiger partial charge in [-0.15, -0.1) is 11.3 Å². The Bertz CT molecular complexity index is 2040. The summed E-state index contributed by atoms with van der Waals surface area (Å²) in [4.78, 5) is 26.3. The summed E-state index contributed by atoms with van der Waals surface area (Å²) in [5, 5.41) is 10.8. The molecule has 0 radical (unpaired) electrons. The van der Waals surface area contributed by atoms with E-state index in [1.54, 1.807) is 43.3 Å². The number of hydrogen-bond donors (Lipinski definition) is 1. The normalized spacial score (nSPS) is 14.5. The first-order valence-corrected chi connectivity index (χ1v) is 17.0. The highest BCUT2D eigenvalue weighted by molar-refractivity contribution is 7.22. The molecule has 1 aliphatic heterocycles. The van der Waals surface area contributed by atoms with Gasteiger partial charge in [0, 0.05) is 55.1 Å². The molecule has 9 nitrogen and oxygen atoms in total. The molecule has 14 heteroatoms. The molecule has 1 saturated heterocycles. The van der Waals surface area contributed by atoms with Crippen molar-refractivity contribution in [2.24, 2.45) is 0 Å². The predicted octanol–water partition coefficient (Wildman–Crippen LogP) is 7.11. The Labute approximate surface area is 295 Å². The van der Waals surface area contributed by atoms with Gasteiger partial charge in [-0.3, -0.25) is 4.90 Å². The van der Waals surface area contributed by atoms with E-state index in [0.29, 0.717) is 50.2 Å². The Balaban J connectivity index is 1.43. The van der Waals surface area contributed by atoms with E-state index < -0.39 is 29.5 Å². The number of carbonyl (C=O) groups is 1. The molecular weight excluding hydrogens is 693 g/mol. The molecule has 0 amide bonds. The fraction of sp³-hybridized carbons (Fsp3) is 0.306. The van der Waals surface area contributed by atoms with E-state index in [9.17, 15) is 18.7 Å². The summed E-state index contributed by atoms with van der Waals surface area (Å²) < 4.78 is 61.7. The lowest BCUT2D eigenvalue weighted by molar-refractivity contribution is -0.145. The van der Waals surface area contributed by atoms with Crippen LogP contribution in [0.5, 0.6) is 17.4 Å². The van der Waals surface area contributed by atoms with Crippen molar-refractivity contribution in [2.45, 2.75) is 19.4 Å². The molecule has 0 saturated carbocycles. The lowest BCUT2D eigenvalue weighted by atomic mass is 9.95. The molecule has 262 valence electrons. The fourth-order valence-electron chi connectivity index (χ4n) is 5.93. The van der Waals surface area contributed by atoms with Crippen LogP contribution < -0.4 is 14.2 Å². The third-order valence-corrected chi connectivity index (χ3v) is 10.3. The van der Waals surface area contributed by atoms with Crippen molar-refractivity contribution in [1.29, 1.82) is 0 Å². The van der Waals surface area contributed by atoms with Crippen LogP contribution in [0.25, 0.3) is 31.8 Å². The summed E-state index contributed by atoms with van der Waals surface area (Å²) in [6.07, 6.45) is -0.288. The van der Waals surface area contributed by atoms with Crippen molar-refractivity contribution < 1.29 is 37.3 Å². The van der Waals surface area contributed by atoms with Gasteiger partial charge in [0.25, 0.3) is 0 Å². The number of likely N-dealkylation sites (N-methyl/N-ethyl adjacent to an activating group) is 1. The first kappa shape index (κ1) is 35.4. The maximum absolute atomic E-state index is 15.4. The number of carboxylic acids is 1. The summed E-state index contributed by atoms with van der Waals surface area (Å²) in [7, 11) is 3.58. The molecule has 6 rings (SSSR count). The highest BCUT2D eigenvalue weighted by Crippen LogP contribution is 2.50. The highest BCUT2D eigenvalue weighted by atomic mass is 35.5. The van der Waals surface area contributed by atoms with Crippen LogP contribution in [0.2, 0.25) is 5.02 Å². The summed E-state index contributed by atoms with van der Waals surface area (Å²) in [6.45, 7) is 6.72. The number of rotatable bonds is 12. The monoisotopic (exact) mass is 726 g/mol. The molecule has 3 heterocycles. The van der Waals surface area contributed by atoms with Crippen molar-refractivity contribution in [3.05, 3.63) is 88.5 Å². The van der Waals surface area contributed by atoms with Gasteiger partial charge < -0.3 is 24.2 Å². The summed E-state index contributed by atoms with van der Waals surface area (Å²) >= 11 is 7.89. The number of piperazine rings is 1. The van der Waals surface area contributed by atoms with E-state index in [2.05, 4.69) is 26.8 Å². The van der Waals surface area contributed by atoms with Gasteiger partial charge in [0.15, 0.2) is 17.5 Å². The number of aromatic nitrogens is 2. The maximum atomic E-state index is 15.4. The molecule has 0 aliphatic carbocycles. The molecule has 1 aliphatic rings. The molecule has 5 aromatic rings. The number of para-hydroxylation sites is 1. The smallest absolute Gasteiger partial charge is 0.345 e. The second-order valence-corrected chi connectivity index (χ2v) is 13.3. The maximum Gasteiger partial charge on any atom is 0.345 e. The molecule has 0 spiro atoms. The van der Waals surface area contributed by atoms with E-state index in [1.165, 1.54) is 13.4 Å². The van der Waals surface area contributed by atoms with Crippen LogP contribution in [0.3, 0.4) is 0 Å². The molecule has 1 atom stereocenters. The SMILES string of the molecule is COc1ccccc1C[C@@H](Oc1ncnc2sc(-c3ccc(F)c(F)c3F)c(-c3ccc(OCCN4CCN(C)CC4)c(Cl)c3C)c12)C(=O)O. The molecule has 2 aromatic heterocycles. The molecule has 1 N–H and O–H groups in total. The Hall–Kier alpha value is -4.43. The van der Waals surface area contributed by atoms with E-state index in [1.807, 2.05) is 0 Å². The Morgan fingerprint density at radius 1 is 1.00 bits per heavy atom. The lowest BCUT2D eigenvalue weighted by Crippen LogP contribution is -2.45. The van der Waals surface area contributed by atoms with Gasteiger partial charge in [-0.05, 0) is 54.9 Å². The molecule has 3 aromatic carbocycles. The van der Waals surface area contributed by atoms with Crippen LogP contribution in [0.15, 0.2) is 54.9 Å². The summed E-state index contributed by atoms with van der Waals surface area (Å²) in [5.41, 5.74) is 1.72. The van der Waals surface area contributed by atoms with Crippen LogP contribution in [0, 0.1) is 24.4 Å². The van der Waals surface area contributed by atoms with Crippen LogP contribution in [0.4, 0.5) is 13.2 Å². The Morgan fingerprint density at radius 3 is 2.48 bits per heavy atom. The third kappa shape index (κ3) is 7.22. The Kier molecular flexibility index (Phi) is 10.8. The number of thiophene rings is 1. The van der Waals surface area contributed by atoms with Gasteiger partial charge in [-0.2, -0.15) is 0 Å². The number of methoxy groups -OCH3 is 1. The number of benzene rings is 3. The van der Waals surface area contributed by atoms with Crippen molar-refractivity contribution >= 4 is 39.1 Å². The highest BCUT2D eigenvalue weighted by Gasteiger charge is 2.30. The van der Waals surface area contributed by atoms with Gasteiger partial charge in [-0.1, -0.05) is 35.9 Å². The average molecular weight is 727 g/mol. The van der Waals surface area contributed by atoms with E-state index in [4.69, 9.17) is 25.8 Å². The minimum absolute atomic E-state index is 0.0695. The number of ether oxygens (including phenoxy) is 3. The quantitative estimate of drug-likeness (QED) is 0.135. The first-order chi connectivity index (χ1) is 24.1. The molecule has 0 unspecified atom stereocenters. The molecule has 1 fully saturated rings. The van der Waals surface area contributed by atoms with Crippen LogP contribution in [-0.2, 0) is 11.2 Å². The number of halogens is 4. The third-order valence-electron chi connectivity index (χ3n) is 8.74. The number of aliphatic carboxylic acids is 1. The fourth-order valence-corrected chi connectivity index (χ4v) is 7.31. The summed E-state index contributed by atoms with van der Waals surface area (Å²) in [6, 6.07) is 12.4. The number of fused-ring (bicyclic) bond motifs is 1. The zero-order chi connectivity index (χ0) is 35.5. The molecular formula is C36H34ClF3N4O5S. The zero-order valence-corrected chi connectivity index (χ0v) is 29.1. The standard InChI is InChI=1S/C36H34ClF3N4O5S/c1-20-22(9-11-26(30(20)37)48-17-16-44-14-12-43(2)13-15-44)28-29-34(49-27(36(45)46)18-21-6-4-5-7-25(21)47-3)41-19-42-35(29)50-33(28)23-8-10-24(38)32(40)31(23)39/h4-11,19,27H,12-18H2,1-3H3,(H,45,46)/t27-/m1/s1. The first-order valence-electron chi connectivity index (χ1n) is 15.8. The minimum Gasteiger partial charge on any atom is -0.496 e. The molecule has 0 bridgehead atoms. The second-order valence-electron chi connectivity index (χ2n) is 11.9. The number of carboxylic acid groups (broad SMARTS) is 1. The largest absolute Gasteiger partial charge is 0.496 e. The van der Waals surface area contributed by atoms with Gasteiger partial charge in [0.1, 0.15) is 29.3 Å². The predicted molar refractivity (Wildman–Crippen MR) is 186 cm³/mol. The van der Waals surface area contributed by atoms with E-state index in [-0.39, 0.29) is 28.1 Å². The van der Waals surface area contributed by atoms with Crippen molar-refractivity contribution in [1.82, 2.24) is 19.8 Å². The van der Waals surface area contributed by atoms with Crippen molar-refractivity contribution in [2.75, 3.05) is 53.5 Å². The van der Waals surface area contributed by atoms with Crippen molar-refractivity contribution in [3.8, 4) is 38.9 Å². The Morgan fingerprint density at radius 2 is 1.74 bits per heavy atom. The van der Waals surface area contributed by atoms with Crippen molar-refractivity contribution in [3.63, 3.8) is 0 Å². The van der Waals surface area contributed by atoms with Crippen LogP contribution in [0.1, 0.15) is 11.1 Å². The second kappa shape index (κ2) is 15.2.